The maximum atomic E-state index is 11.0. The van der Waals surface area contributed by atoms with Crippen molar-refractivity contribution in [2.75, 3.05) is 6.61 Å². The van der Waals surface area contributed by atoms with Gasteiger partial charge in [0.15, 0.2) is 0 Å². The molecule has 0 saturated carbocycles. The molecule has 1 aromatic rings. The molecule has 4 heteroatoms. The molecule has 0 unspecified atom stereocenters. The third-order valence-electron chi connectivity index (χ3n) is 1.31. The smallest absolute Gasteiger partial charge is 0.260 e. The van der Waals surface area contributed by atoms with Crippen LogP contribution in [0.5, 0.6) is 0 Å². The van der Waals surface area contributed by atoms with E-state index in [9.17, 15) is 4.79 Å². The fourth-order valence-corrected chi connectivity index (χ4v) is 0.916. The van der Waals surface area contributed by atoms with E-state index in [1.54, 1.807) is 0 Å². The molecule has 1 rings (SSSR count). The number of pyridine rings is 1. The fourth-order valence-electron chi connectivity index (χ4n) is 0.744. The Morgan fingerprint density at radius 3 is 3.17 bits per heavy atom. The molecule has 0 aliphatic carbocycles. The highest BCUT2D eigenvalue weighted by Crippen LogP contribution is 2.02. The van der Waals surface area contributed by atoms with Crippen LogP contribution in [0.3, 0.4) is 0 Å². The highest BCUT2D eigenvalue weighted by atomic mass is 35.5. The standard InChI is InChI=1S/C8H9ClNO2/c1-2-12-6-10-5-7(9)3-4-8(10)11/h3,5H,2,6H2,1H3. The molecule has 3 nitrogen and oxygen atoms in total. The Balaban J connectivity index is 2.83. The molecule has 0 amide bonds. The Labute approximate surface area is 75.5 Å². The Hall–Kier alpha value is -0.800. The molecule has 1 aromatic heterocycles. The van der Waals surface area contributed by atoms with Crippen LogP contribution in [0.25, 0.3) is 0 Å². The van der Waals surface area contributed by atoms with Crippen LogP contribution in [0.15, 0.2) is 17.1 Å². The molecule has 1 radical (unpaired) electrons. The number of nitrogens with zero attached hydrogens (tertiary/aromatic N) is 1. The van der Waals surface area contributed by atoms with Crippen LogP contribution in [0.4, 0.5) is 0 Å². The minimum Gasteiger partial charge on any atom is -0.361 e. The molecule has 12 heavy (non-hydrogen) atoms. The van der Waals surface area contributed by atoms with Gasteiger partial charge in [0.05, 0.1) is 11.1 Å². The van der Waals surface area contributed by atoms with E-state index in [-0.39, 0.29) is 12.3 Å². The quantitative estimate of drug-likeness (QED) is 0.713. The Morgan fingerprint density at radius 2 is 2.50 bits per heavy atom. The number of ether oxygens (including phenoxy) is 1. The second kappa shape index (κ2) is 4.28. The summed E-state index contributed by atoms with van der Waals surface area (Å²) in [5.74, 6) is 0. The second-order valence-corrected chi connectivity index (χ2v) is 2.64. The zero-order chi connectivity index (χ0) is 8.97. The lowest BCUT2D eigenvalue weighted by Crippen LogP contribution is -2.19. The van der Waals surface area contributed by atoms with Gasteiger partial charge in [-0.25, -0.2) is 0 Å². The van der Waals surface area contributed by atoms with Gasteiger partial charge in [-0.1, -0.05) is 11.6 Å². The van der Waals surface area contributed by atoms with Gasteiger partial charge in [-0.15, -0.1) is 0 Å². The maximum absolute atomic E-state index is 11.0. The van der Waals surface area contributed by atoms with Gasteiger partial charge in [0.1, 0.15) is 6.73 Å². The Kier molecular flexibility index (Phi) is 3.31. The molecule has 0 fully saturated rings. The minimum atomic E-state index is -0.229. The summed E-state index contributed by atoms with van der Waals surface area (Å²) in [6, 6.07) is 3.91. The van der Waals surface area contributed by atoms with Crippen molar-refractivity contribution in [2.45, 2.75) is 13.7 Å². The first-order valence-corrected chi connectivity index (χ1v) is 3.97. The largest absolute Gasteiger partial charge is 0.361 e. The van der Waals surface area contributed by atoms with Gasteiger partial charge in [-0.05, 0) is 13.0 Å². The van der Waals surface area contributed by atoms with Crippen LogP contribution in [0.1, 0.15) is 6.92 Å². The predicted molar refractivity (Wildman–Crippen MR) is 46.2 cm³/mol. The molecular formula is C8H9ClNO2. The van der Waals surface area contributed by atoms with E-state index in [2.05, 4.69) is 6.07 Å². The SMILES string of the molecule is CCOCn1cc(Cl)c[c]c1=O. The van der Waals surface area contributed by atoms with Crippen molar-refractivity contribution in [3.63, 3.8) is 0 Å². The number of aromatic nitrogens is 1. The average Bonchev–Trinajstić information content (AvgIpc) is 2.07. The van der Waals surface area contributed by atoms with E-state index >= 15 is 0 Å². The first-order valence-electron chi connectivity index (χ1n) is 3.59. The predicted octanol–water partition coefficient (Wildman–Crippen LogP) is 1.30. The van der Waals surface area contributed by atoms with Gasteiger partial charge < -0.3 is 4.74 Å². The molecule has 0 aliphatic heterocycles. The highest BCUT2D eigenvalue weighted by Gasteiger charge is 1.95. The summed E-state index contributed by atoms with van der Waals surface area (Å²) in [5.41, 5.74) is -0.229. The van der Waals surface area contributed by atoms with Gasteiger partial charge in [-0.2, -0.15) is 0 Å². The molecule has 0 N–H and O–H groups in total. The van der Waals surface area contributed by atoms with E-state index in [1.807, 2.05) is 6.92 Å². The summed E-state index contributed by atoms with van der Waals surface area (Å²) >= 11 is 5.65. The van der Waals surface area contributed by atoms with Gasteiger partial charge in [0.25, 0.3) is 5.56 Å². The van der Waals surface area contributed by atoms with Crippen molar-refractivity contribution in [3.05, 3.63) is 33.7 Å². The van der Waals surface area contributed by atoms with Crippen molar-refractivity contribution in [1.82, 2.24) is 4.57 Å². The van der Waals surface area contributed by atoms with Crippen LogP contribution >= 0.6 is 11.6 Å². The zero-order valence-corrected chi connectivity index (χ0v) is 7.47. The van der Waals surface area contributed by atoms with Crippen molar-refractivity contribution < 1.29 is 4.74 Å². The molecule has 0 spiro atoms. The Bertz CT molecular complexity index is 308. The van der Waals surface area contributed by atoms with Gasteiger partial charge in [-0.3, -0.25) is 9.36 Å². The van der Waals surface area contributed by atoms with E-state index in [0.717, 1.165) is 0 Å². The lowest BCUT2D eigenvalue weighted by molar-refractivity contribution is 0.0853. The third kappa shape index (κ3) is 2.36. The number of hydrogen-bond donors (Lipinski definition) is 0. The van der Waals surface area contributed by atoms with E-state index in [1.165, 1.54) is 16.8 Å². The summed E-state index contributed by atoms with van der Waals surface area (Å²) < 4.78 is 6.41. The maximum Gasteiger partial charge on any atom is 0.260 e. The molecule has 65 valence electrons. The molecule has 0 atom stereocenters. The lowest BCUT2D eigenvalue weighted by Gasteiger charge is -2.04. The van der Waals surface area contributed by atoms with E-state index in [4.69, 9.17) is 16.3 Å². The molecule has 0 saturated heterocycles. The van der Waals surface area contributed by atoms with Crippen LogP contribution < -0.4 is 5.56 Å². The summed E-state index contributed by atoms with van der Waals surface area (Å²) in [6.07, 6.45) is 1.52. The monoisotopic (exact) mass is 186 g/mol. The average molecular weight is 187 g/mol. The lowest BCUT2D eigenvalue weighted by atomic mass is 10.5. The summed E-state index contributed by atoms with van der Waals surface area (Å²) in [6.45, 7) is 2.66. The van der Waals surface area contributed by atoms with Crippen LogP contribution in [0.2, 0.25) is 5.02 Å². The summed E-state index contributed by atoms with van der Waals surface area (Å²) in [5, 5.41) is 0.481. The van der Waals surface area contributed by atoms with E-state index < -0.39 is 0 Å². The van der Waals surface area contributed by atoms with Gasteiger partial charge in [0.2, 0.25) is 0 Å². The number of hydrogen-bond acceptors (Lipinski definition) is 2. The second-order valence-electron chi connectivity index (χ2n) is 2.20. The van der Waals surface area contributed by atoms with Crippen LogP contribution in [-0.2, 0) is 11.5 Å². The van der Waals surface area contributed by atoms with E-state index in [0.29, 0.717) is 11.6 Å². The van der Waals surface area contributed by atoms with Crippen molar-refractivity contribution in [1.29, 1.82) is 0 Å². The fraction of sp³-hybridized carbons (Fsp3) is 0.375. The third-order valence-corrected chi connectivity index (χ3v) is 1.51. The van der Waals surface area contributed by atoms with Gasteiger partial charge >= 0.3 is 0 Å². The topological polar surface area (TPSA) is 31.2 Å². The highest BCUT2D eigenvalue weighted by molar-refractivity contribution is 6.30. The van der Waals surface area contributed by atoms with Crippen molar-refractivity contribution >= 4 is 11.6 Å². The Morgan fingerprint density at radius 1 is 1.75 bits per heavy atom. The summed E-state index contributed by atoms with van der Waals surface area (Å²) in [4.78, 5) is 11.0. The van der Waals surface area contributed by atoms with Crippen LogP contribution in [-0.4, -0.2) is 11.2 Å². The number of halogens is 1. The van der Waals surface area contributed by atoms with Crippen LogP contribution in [0, 0.1) is 6.07 Å². The molecular weight excluding hydrogens is 178 g/mol. The molecule has 1 heterocycles. The normalized spacial score (nSPS) is 10.2. The molecule has 0 aliphatic rings. The molecule has 0 bridgehead atoms. The number of rotatable bonds is 3. The van der Waals surface area contributed by atoms with Crippen molar-refractivity contribution in [2.24, 2.45) is 0 Å². The zero-order valence-electron chi connectivity index (χ0n) is 6.71. The van der Waals surface area contributed by atoms with Crippen molar-refractivity contribution in [3.8, 4) is 0 Å². The summed E-state index contributed by atoms with van der Waals surface area (Å²) in [7, 11) is 0. The molecule has 0 aromatic carbocycles. The van der Waals surface area contributed by atoms with Gasteiger partial charge in [0, 0.05) is 12.8 Å². The minimum absolute atomic E-state index is 0.229. The first-order chi connectivity index (χ1) is 5.74. The first kappa shape index (κ1) is 9.29.